The van der Waals surface area contributed by atoms with Crippen molar-refractivity contribution in [3.05, 3.63) is 17.0 Å². The average Bonchev–Trinajstić information content (AvgIpc) is 2.89. The Kier molecular flexibility index (Phi) is 5.72. The summed E-state index contributed by atoms with van der Waals surface area (Å²) in [6.07, 6.45) is 2.22. The summed E-state index contributed by atoms with van der Waals surface area (Å²) in [6.45, 7) is 3.28. The van der Waals surface area contributed by atoms with E-state index in [2.05, 4.69) is 15.5 Å². The molecule has 0 radical (unpaired) electrons. The van der Waals surface area contributed by atoms with Gasteiger partial charge in [0.15, 0.2) is 0 Å². The van der Waals surface area contributed by atoms with Gasteiger partial charge in [0.25, 0.3) is 5.91 Å². The number of carbonyl (C=O) groups is 2. The highest BCUT2D eigenvalue weighted by molar-refractivity contribution is 7.14. The van der Waals surface area contributed by atoms with Crippen LogP contribution in [0.4, 0.5) is 5.00 Å². The zero-order chi connectivity index (χ0) is 15.2. The molecule has 1 aromatic rings. The minimum absolute atomic E-state index is 0.0907. The summed E-state index contributed by atoms with van der Waals surface area (Å²) in [5.74, 6) is 0.0968. The summed E-state index contributed by atoms with van der Waals surface area (Å²) >= 11 is 1.32. The van der Waals surface area contributed by atoms with E-state index in [0.717, 1.165) is 32.5 Å². The highest BCUT2D eigenvalue weighted by Crippen LogP contribution is 2.23. The smallest absolute Gasteiger partial charge is 0.251 e. The Balaban J connectivity index is 1.80. The number of anilines is 1. The van der Waals surface area contributed by atoms with Crippen molar-refractivity contribution in [2.45, 2.75) is 12.8 Å². The molecule has 7 heteroatoms. The highest BCUT2D eigenvalue weighted by Gasteiger charge is 2.21. The van der Waals surface area contributed by atoms with Gasteiger partial charge in [0.2, 0.25) is 5.91 Å². The largest absolute Gasteiger partial charge is 0.366 e. The van der Waals surface area contributed by atoms with E-state index in [1.807, 2.05) is 7.05 Å². The number of piperidine rings is 1. The molecule has 1 saturated heterocycles. The lowest BCUT2D eigenvalue weighted by Gasteiger charge is -2.31. The molecule has 116 valence electrons. The van der Waals surface area contributed by atoms with Crippen LogP contribution in [-0.2, 0) is 4.79 Å². The summed E-state index contributed by atoms with van der Waals surface area (Å²) in [6, 6.07) is 1.63. The maximum absolute atomic E-state index is 12.1. The summed E-state index contributed by atoms with van der Waals surface area (Å²) < 4.78 is 0. The Morgan fingerprint density at radius 1 is 1.43 bits per heavy atom. The fourth-order valence-corrected chi connectivity index (χ4v) is 3.42. The van der Waals surface area contributed by atoms with E-state index in [1.165, 1.54) is 11.3 Å². The van der Waals surface area contributed by atoms with Crippen LogP contribution in [0.5, 0.6) is 0 Å². The third-order valence-electron chi connectivity index (χ3n) is 3.75. The first-order valence-corrected chi connectivity index (χ1v) is 8.02. The van der Waals surface area contributed by atoms with Crippen molar-refractivity contribution in [1.29, 1.82) is 0 Å². The van der Waals surface area contributed by atoms with Gasteiger partial charge in [-0.15, -0.1) is 11.3 Å². The number of nitrogens with one attached hydrogen (secondary N) is 2. The van der Waals surface area contributed by atoms with Crippen molar-refractivity contribution in [3.8, 4) is 0 Å². The van der Waals surface area contributed by atoms with Crippen LogP contribution in [0, 0.1) is 5.92 Å². The van der Waals surface area contributed by atoms with Gasteiger partial charge >= 0.3 is 0 Å². The number of likely N-dealkylation sites (tertiary alicyclic amines) is 1. The maximum Gasteiger partial charge on any atom is 0.251 e. The summed E-state index contributed by atoms with van der Waals surface area (Å²) in [5.41, 5.74) is 5.64. The third-order valence-corrected chi connectivity index (χ3v) is 4.58. The number of hydrogen-bond acceptors (Lipinski definition) is 5. The Hall–Kier alpha value is -1.44. The topological polar surface area (TPSA) is 87.5 Å². The predicted octanol–water partition coefficient (Wildman–Crippen LogP) is 0.717. The molecule has 4 N–H and O–H groups in total. The fraction of sp³-hybridized carbons (Fsp3) is 0.571. The van der Waals surface area contributed by atoms with Crippen molar-refractivity contribution in [2.24, 2.45) is 11.7 Å². The zero-order valence-corrected chi connectivity index (χ0v) is 13.0. The van der Waals surface area contributed by atoms with E-state index >= 15 is 0 Å². The molecule has 2 amide bonds. The quantitative estimate of drug-likeness (QED) is 0.722. The molecule has 1 aromatic heterocycles. The Morgan fingerprint density at radius 2 is 2.14 bits per heavy atom. The summed E-state index contributed by atoms with van der Waals surface area (Å²) in [5, 5.41) is 8.27. The van der Waals surface area contributed by atoms with Gasteiger partial charge in [-0.2, -0.15) is 0 Å². The number of nitrogens with zero attached hydrogens (tertiary/aromatic N) is 1. The van der Waals surface area contributed by atoms with Crippen LogP contribution in [0.3, 0.4) is 0 Å². The van der Waals surface area contributed by atoms with Crippen molar-refractivity contribution in [2.75, 3.05) is 38.5 Å². The normalized spacial score (nSPS) is 16.8. The molecule has 6 nitrogen and oxygen atoms in total. The molecule has 2 rings (SSSR count). The van der Waals surface area contributed by atoms with Crippen molar-refractivity contribution in [1.82, 2.24) is 10.2 Å². The van der Waals surface area contributed by atoms with E-state index in [1.54, 1.807) is 11.4 Å². The monoisotopic (exact) mass is 310 g/mol. The molecule has 0 bridgehead atoms. The Morgan fingerprint density at radius 3 is 2.76 bits per heavy atom. The Labute approximate surface area is 128 Å². The van der Waals surface area contributed by atoms with Gasteiger partial charge in [-0.1, -0.05) is 0 Å². The first-order valence-electron chi connectivity index (χ1n) is 7.14. The average molecular weight is 310 g/mol. The molecule has 0 atom stereocenters. The number of primary amides is 1. The van der Waals surface area contributed by atoms with Gasteiger partial charge in [0.1, 0.15) is 5.00 Å². The van der Waals surface area contributed by atoms with Gasteiger partial charge in [-0.3, -0.25) is 14.5 Å². The van der Waals surface area contributed by atoms with Crippen LogP contribution in [0.1, 0.15) is 23.2 Å². The Bertz CT molecular complexity index is 495. The van der Waals surface area contributed by atoms with Gasteiger partial charge in [-0.05, 0) is 56.9 Å². The molecule has 0 spiro atoms. The lowest BCUT2D eigenvalue weighted by molar-refractivity contribution is -0.117. The standard InChI is InChI=1S/C14H22N4O2S/c1-16-8-10-2-5-18(6-3-10)9-12(19)17-14-11(13(15)20)4-7-21-14/h4,7,10,16H,2-3,5-6,8-9H2,1H3,(H2,15,20)(H,17,19). The third kappa shape index (κ3) is 4.52. The molecule has 0 unspecified atom stereocenters. The number of rotatable bonds is 6. The lowest BCUT2D eigenvalue weighted by Crippen LogP contribution is -2.40. The van der Waals surface area contributed by atoms with E-state index in [9.17, 15) is 9.59 Å². The summed E-state index contributed by atoms with van der Waals surface area (Å²) in [7, 11) is 1.97. The minimum Gasteiger partial charge on any atom is -0.366 e. The van der Waals surface area contributed by atoms with Gasteiger partial charge in [-0.25, -0.2) is 0 Å². The highest BCUT2D eigenvalue weighted by atomic mass is 32.1. The van der Waals surface area contributed by atoms with Crippen molar-refractivity contribution >= 4 is 28.2 Å². The second kappa shape index (κ2) is 7.53. The first-order chi connectivity index (χ1) is 10.1. The number of thiophene rings is 1. The van der Waals surface area contributed by atoms with Crippen molar-refractivity contribution in [3.63, 3.8) is 0 Å². The molecule has 1 fully saturated rings. The molecular formula is C14H22N4O2S. The van der Waals surface area contributed by atoms with E-state index in [-0.39, 0.29) is 5.91 Å². The van der Waals surface area contributed by atoms with E-state index < -0.39 is 5.91 Å². The zero-order valence-electron chi connectivity index (χ0n) is 12.2. The minimum atomic E-state index is -0.514. The van der Waals surface area contributed by atoms with Crippen LogP contribution in [0.25, 0.3) is 0 Å². The number of amides is 2. The molecule has 0 aromatic carbocycles. The molecule has 1 aliphatic heterocycles. The van der Waals surface area contributed by atoms with Crippen LogP contribution in [0.15, 0.2) is 11.4 Å². The van der Waals surface area contributed by atoms with Gasteiger partial charge in [0, 0.05) is 0 Å². The molecule has 0 aliphatic carbocycles. The molecule has 2 heterocycles. The van der Waals surface area contributed by atoms with Crippen LogP contribution in [-0.4, -0.2) is 49.9 Å². The van der Waals surface area contributed by atoms with E-state index in [0.29, 0.717) is 23.0 Å². The van der Waals surface area contributed by atoms with Crippen LogP contribution in [0.2, 0.25) is 0 Å². The number of carbonyl (C=O) groups excluding carboxylic acids is 2. The molecule has 21 heavy (non-hydrogen) atoms. The number of hydrogen-bond donors (Lipinski definition) is 3. The predicted molar refractivity (Wildman–Crippen MR) is 84.6 cm³/mol. The first kappa shape index (κ1) is 15.9. The molecule has 0 saturated carbocycles. The van der Waals surface area contributed by atoms with Crippen molar-refractivity contribution < 1.29 is 9.59 Å². The second-order valence-corrected chi connectivity index (χ2v) is 6.27. The van der Waals surface area contributed by atoms with Crippen LogP contribution >= 0.6 is 11.3 Å². The van der Waals surface area contributed by atoms with Gasteiger partial charge in [0.05, 0.1) is 12.1 Å². The number of nitrogens with two attached hydrogens (primary N) is 1. The van der Waals surface area contributed by atoms with Crippen LogP contribution < -0.4 is 16.4 Å². The second-order valence-electron chi connectivity index (χ2n) is 5.35. The SMILES string of the molecule is CNCC1CCN(CC(=O)Nc2sccc2C(N)=O)CC1. The van der Waals surface area contributed by atoms with E-state index in [4.69, 9.17) is 5.73 Å². The fourth-order valence-electron chi connectivity index (χ4n) is 2.61. The lowest BCUT2D eigenvalue weighted by atomic mass is 9.97. The maximum atomic E-state index is 12.1. The molecular weight excluding hydrogens is 288 g/mol. The summed E-state index contributed by atoms with van der Waals surface area (Å²) in [4.78, 5) is 25.4. The van der Waals surface area contributed by atoms with Gasteiger partial charge < -0.3 is 16.4 Å². The molecule has 1 aliphatic rings.